The van der Waals surface area contributed by atoms with Gasteiger partial charge in [0, 0.05) is 30.3 Å². The second-order valence-electron chi connectivity index (χ2n) is 4.41. The van der Waals surface area contributed by atoms with E-state index in [0.29, 0.717) is 23.8 Å². The standard InChI is InChI=1S/C16H18FNO3/c1-18-10-11-5-4-6-15(17)16(11)21-14-8-12(19-2)7-13(9-14)20-3/h4-9,18H,10H2,1-3H3. The Morgan fingerprint density at radius 2 is 1.62 bits per heavy atom. The molecule has 2 aromatic rings. The van der Waals surface area contributed by atoms with Crippen molar-refractivity contribution < 1.29 is 18.6 Å². The van der Waals surface area contributed by atoms with E-state index >= 15 is 0 Å². The van der Waals surface area contributed by atoms with Crippen LogP contribution >= 0.6 is 0 Å². The maximum absolute atomic E-state index is 14.0. The zero-order valence-corrected chi connectivity index (χ0v) is 12.3. The molecule has 112 valence electrons. The zero-order chi connectivity index (χ0) is 15.2. The van der Waals surface area contributed by atoms with Crippen LogP contribution in [0.5, 0.6) is 23.0 Å². The fourth-order valence-corrected chi connectivity index (χ4v) is 1.96. The van der Waals surface area contributed by atoms with Crippen molar-refractivity contribution in [1.29, 1.82) is 0 Å². The van der Waals surface area contributed by atoms with Crippen LogP contribution in [0.1, 0.15) is 5.56 Å². The van der Waals surface area contributed by atoms with Crippen molar-refractivity contribution in [2.24, 2.45) is 0 Å². The molecule has 0 amide bonds. The summed E-state index contributed by atoms with van der Waals surface area (Å²) in [4.78, 5) is 0. The van der Waals surface area contributed by atoms with Gasteiger partial charge in [-0.1, -0.05) is 12.1 Å². The van der Waals surface area contributed by atoms with E-state index in [0.717, 1.165) is 5.56 Å². The number of nitrogens with one attached hydrogen (secondary N) is 1. The summed E-state index contributed by atoms with van der Waals surface area (Å²) in [7, 11) is 4.89. The second kappa shape index (κ2) is 6.95. The Hall–Kier alpha value is -2.27. The molecule has 0 saturated heterocycles. The van der Waals surface area contributed by atoms with Gasteiger partial charge in [0.25, 0.3) is 0 Å². The predicted octanol–water partition coefficient (Wildman–Crippen LogP) is 3.35. The quantitative estimate of drug-likeness (QED) is 0.886. The molecule has 0 saturated carbocycles. The van der Waals surface area contributed by atoms with Crippen LogP contribution in [-0.2, 0) is 6.54 Å². The predicted molar refractivity (Wildman–Crippen MR) is 78.8 cm³/mol. The largest absolute Gasteiger partial charge is 0.496 e. The molecular formula is C16H18FNO3. The third kappa shape index (κ3) is 3.64. The van der Waals surface area contributed by atoms with Gasteiger partial charge in [-0.25, -0.2) is 4.39 Å². The maximum atomic E-state index is 14.0. The molecule has 0 radical (unpaired) electrons. The van der Waals surface area contributed by atoms with Crippen LogP contribution in [0.4, 0.5) is 4.39 Å². The van der Waals surface area contributed by atoms with Crippen molar-refractivity contribution in [2.75, 3.05) is 21.3 Å². The molecule has 0 bridgehead atoms. The molecule has 21 heavy (non-hydrogen) atoms. The van der Waals surface area contributed by atoms with Gasteiger partial charge in [-0.15, -0.1) is 0 Å². The fraction of sp³-hybridized carbons (Fsp3) is 0.250. The van der Waals surface area contributed by atoms with Gasteiger partial charge >= 0.3 is 0 Å². The summed E-state index contributed by atoms with van der Waals surface area (Å²) >= 11 is 0. The summed E-state index contributed by atoms with van der Waals surface area (Å²) in [5.41, 5.74) is 0.735. The summed E-state index contributed by atoms with van der Waals surface area (Å²) in [6.07, 6.45) is 0. The molecule has 0 atom stereocenters. The van der Waals surface area contributed by atoms with Crippen LogP contribution in [0.25, 0.3) is 0 Å². The summed E-state index contributed by atoms with van der Waals surface area (Å²) < 4.78 is 30.1. The first-order valence-corrected chi connectivity index (χ1v) is 6.51. The molecule has 0 fully saturated rings. The Morgan fingerprint density at radius 1 is 1.00 bits per heavy atom. The van der Waals surface area contributed by atoms with Crippen LogP contribution in [0, 0.1) is 5.82 Å². The minimum Gasteiger partial charge on any atom is -0.496 e. The van der Waals surface area contributed by atoms with Crippen LogP contribution in [0.2, 0.25) is 0 Å². The van der Waals surface area contributed by atoms with Crippen LogP contribution in [0.3, 0.4) is 0 Å². The Labute approximate surface area is 123 Å². The number of rotatable bonds is 6. The monoisotopic (exact) mass is 291 g/mol. The smallest absolute Gasteiger partial charge is 0.167 e. The molecule has 0 aliphatic heterocycles. The van der Waals surface area contributed by atoms with Gasteiger partial charge < -0.3 is 19.5 Å². The highest BCUT2D eigenvalue weighted by molar-refractivity contribution is 5.45. The lowest BCUT2D eigenvalue weighted by Gasteiger charge is -2.13. The lowest BCUT2D eigenvalue weighted by atomic mass is 10.2. The Kier molecular flexibility index (Phi) is 5.00. The molecule has 2 aromatic carbocycles. The average molecular weight is 291 g/mol. The van der Waals surface area contributed by atoms with Gasteiger partial charge in [0.1, 0.15) is 17.2 Å². The molecular weight excluding hydrogens is 273 g/mol. The first-order valence-electron chi connectivity index (χ1n) is 6.51. The third-order valence-electron chi connectivity index (χ3n) is 2.96. The van der Waals surface area contributed by atoms with E-state index in [9.17, 15) is 4.39 Å². The van der Waals surface area contributed by atoms with Crippen LogP contribution in [0.15, 0.2) is 36.4 Å². The minimum atomic E-state index is -0.412. The molecule has 5 heteroatoms. The van der Waals surface area contributed by atoms with Gasteiger partial charge in [-0.3, -0.25) is 0 Å². The molecule has 2 rings (SSSR count). The lowest BCUT2D eigenvalue weighted by molar-refractivity contribution is 0.382. The van der Waals surface area contributed by atoms with E-state index < -0.39 is 5.82 Å². The van der Waals surface area contributed by atoms with E-state index in [-0.39, 0.29) is 5.75 Å². The molecule has 1 N–H and O–H groups in total. The van der Waals surface area contributed by atoms with E-state index in [4.69, 9.17) is 14.2 Å². The zero-order valence-electron chi connectivity index (χ0n) is 12.3. The van der Waals surface area contributed by atoms with Gasteiger partial charge in [-0.05, 0) is 13.1 Å². The van der Waals surface area contributed by atoms with E-state index in [1.165, 1.54) is 6.07 Å². The molecule has 0 aliphatic carbocycles. The SMILES string of the molecule is CNCc1cccc(F)c1Oc1cc(OC)cc(OC)c1. The van der Waals surface area contributed by atoms with Crippen molar-refractivity contribution in [1.82, 2.24) is 5.32 Å². The van der Waals surface area contributed by atoms with E-state index in [2.05, 4.69) is 5.32 Å². The van der Waals surface area contributed by atoms with Crippen LogP contribution in [-0.4, -0.2) is 21.3 Å². The molecule has 0 spiro atoms. The Morgan fingerprint density at radius 3 is 2.19 bits per heavy atom. The first kappa shape index (κ1) is 15.1. The average Bonchev–Trinajstić information content (AvgIpc) is 2.50. The summed E-state index contributed by atoms with van der Waals surface area (Å²) in [6, 6.07) is 9.91. The van der Waals surface area contributed by atoms with Crippen molar-refractivity contribution in [3.05, 3.63) is 47.8 Å². The maximum Gasteiger partial charge on any atom is 0.167 e. The highest BCUT2D eigenvalue weighted by Crippen LogP contribution is 2.33. The number of benzene rings is 2. The molecule has 0 aliphatic rings. The summed E-state index contributed by atoms with van der Waals surface area (Å²) in [5.74, 6) is 1.40. The molecule has 0 aromatic heterocycles. The van der Waals surface area contributed by atoms with Crippen molar-refractivity contribution >= 4 is 0 Å². The van der Waals surface area contributed by atoms with Gasteiger partial charge in [0.15, 0.2) is 11.6 Å². The topological polar surface area (TPSA) is 39.7 Å². The summed E-state index contributed by atoms with van der Waals surface area (Å²) in [6.45, 7) is 0.508. The van der Waals surface area contributed by atoms with Crippen LogP contribution < -0.4 is 19.5 Å². The fourth-order valence-electron chi connectivity index (χ4n) is 1.96. The number of ether oxygens (including phenoxy) is 3. The first-order chi connectivity index (χ1) is 10.2. The number of hydrogen-bond acceptors (Lipinski definition) is 4. The Balaban J connectivity index is 2.37. The Bertz CT molecular complexity index is 594. The van der Waals surface area contributed by atoms with Crippen molar-refractivity contribution in [3.8, 4) is 23.0 Å². The van der Waals surface area contributed by atoms with E-state index in [1.54, 1.807) is 45.5 Å². The van der Waals surface area contributed by atoms with Gasteiger partial charge in [0.2, 0.25) is 0 Å². The minimum absolute atomic E-state index is 0.196. The third-order valence-corrected chi connectivity index (χ3v) is 2.96. The molecule has 0 heterocycles. The highest BCUT2D eigenvalue weighted by atomic mass is 19.1. The van der Waals surface area contributed by atoms with Crippen molar-refractivity contribution in [3.63, 3.8) is 0 Å². The van der Waals surface area contributed by atoms with E-state index in [1.807, 2.05) is 6.07 Å². The number of para-hydroxylation sites is 1. The lowest BCUT2D eigenvalue weighted by Crippen LogP contribution is -2.07. The summed E-state index contributed by atoms with van der Waals surface area (Å²) in [5, 5.41) is 2.99. The normalized spacial score (nSPS) is 10.3. The number of halogens is 1. The number of hydrogen-bond donors (Lipinski definition) is 1. The van der Waals surface area contributed by atoms with Crippen molar-refractivity contribution in [2.45, 2.75) is 6.54 Å². The molecule has 0 unspecified atom stereocenters. The number of methoxy groups -OCH3 is 2. The van der Waals surface area contributed by atoms with Gasteiger partial charge in [0.05, 0.1) is 14.2 Å². The second-order valence-corrected chi connectivity index (χ2v) is 4.41. The highest BCUT2D eigenvalue weighted by Gasteiger charge is 2.12. The van der Waals surface area contributed by atoms with Gasteiger partial charge in [-0.2, -0.15) is 0 Å². The molecule has 4 nitrogen and oxygen atoms in total.